The molecule has 2 aromatic carbocycles. The lowest BCUT2D eigenvalue weighted by Gasteiger charge is -2.25. The van der Waals surface area contributed by atoms with Crippen LogP contribution in [0.1, 0.15) is 12.5 Å². The summed E-state index contributed by atoms with van der Waals surface area (Å²) in [6.45, 7) is 1.83. The minimum absolute atomic E-state index is 0.175. The van der Waals surface area contributed by atoms with Crippen LogP contribution in [0.25, 0.3) is 0 Å². The van der Waals surface area contributed by atoms with Gasteiger partial charge in [0.05, 0.1) is 6.04 Å². The zero-order chi connectivity index (χ0) is 15.1. The maximum absolute atomic E-state index is 12.3. The molecule has 108 valence electrons. The summed E-state index contributed by atoms with van der Waals surface area (Å²) in [6, 6.07) is 17.8. The molecule has 0 saturated heterocycles. The fourth-order valence-corrected chi connectivity index (χ4v) is 1.95. The standard InChI is InChI=1S/C17H17NO3/c1-14(12-19)18(16-10-6-3-7-11-16)17(20)21-13-15-8-4-2-5-9-15/h2-12,14H,13H2,1H3. The molecule has 0 saturated carbocycles. The van der Waals surface area contributed by atoms with Gasteiger partial charge in [-0.3, -0.25) is 4.90 Å². The first kappa shape index (κ1) is 14.8. The molecular weight excluding hydrogens is 266 g/mol. The van der Waals surface area contributed by atoms with Gasteiger partial charge >= 0.3 is 6.09 Å². The number of anilines is 1. The quantitative estimate of drug-likeness (QED) is 0.790. The van der Waals surface area contributed by atoms with Crippen LogP contribution in [0.4, 0.5) is 10.5 Å². The summed E-state index contributed by atoms with van der Waals surface area (Å²) in [7, 11) is 0. The molecule has 0 heterocycles. The summed E-state index contributed by atoms with van der Waals surface area (Å²) in [5.41, 5.74) is 1.53. The van der Waals surface area contributed by atoms with E-state index >= 15 is 0 Å². The Hall–Kier alpha value is -2.62. The number of carbonyl (C=O) groups excluding carboxylic acids is 2. The van der Waals surface area contributed by atoms with Crippen molar-refractivity contribution in [2.75, 3.05) is 4.90 Å². The molecule has 1 atom stereocenters. The van der Waals surface area contributed by atoms with E-state index < -0.39 is 12.1 Å². The number of aldehydes is 1. The average molecular weight is 283 g/mol. The molecular formula is C17H17NO3. The Morgan fingerprint density at radius 1 is 1.10 bits per heavy atom. The fraction of sp³-hybridized carbons (Fsp3) is 0.176. The lowest BCUT2D eigenvalue weighted by atomic mass is 10.2. The highest BCUT2D eigenvalue weighted by molar-refractivity contribution is 5.92. The van der Waals surface area contributed by atoms with Crippen molar-refractivity contribution >= 4 is 18.1 Å². The maximum Gasteiger partial charge on any atom is 0.415 e. The molecule has 0 spiro atoms. The van der Waals surface area contributed by atoms with E-state index in [1.165, 1.54) is 4.90 Å². The highest BCUT2D eigenvalue weighted by Gasteiger charge is 2.22. The molecule has 2 aromatic rings. The number of benzene rings is 2. The number of hydrogen-bond acceptors (Lipinski definition) is 3. The number of rotatable bonds is 5. The monoisotopic (exact) mass is 283 g/mol. The number of amides is 1. The van der Waals surface area contributed by atoms with E-state index in [-0.39, 0.29) is 6.61 Å². The van der Waals surface area contributed by atoms with Crippen LogP contribution < -0.4 is 4.90 Å². The smallest absolute Gasteiger partial charge is 0.415 e. The molecule has 0 radical (unpaired) electrons. The van der Waals surface area contributed by atoms with Crippen LogP contribution in [0, 0.1) is 0 Å². The van der Waals surface area contributed by atoms with Gasteiger partial charge in [0.25, 0.3) is 0 Å². The van der Waals surface area contributed by atoms with Crippen LogP contribution in [-0.2, 0) is 16.1 Å². The van der Waals surface area contributed by atoms with Crippen molar-refractivity contribution in [2.24, 2.45) is 0 Å². The fourth-order valence-electron chi connectivity index (χ4n) is 1.95. The molecule has 0 aliphatic rings. The van der Waals surface area contributed by atoms with Crippen molar-refractivity contribution in [2.45, 2.75) is 19.6 Å². The average Bonchev–Trinajstić information content (AvgIpc) is 2.55. The van der Waals surface area contributed by atoms with E-state index in [0.717, 1.165) is 11.8 Å². The van der Waals surface area contributed by atoms with Crippen LogP contribution >= 0.6 is 0 Å². The van der Waals surface area contributed by atoms with E-state index in [1.807, 2.05) is 48.5 Å². The van der Waals surface area contributed by atoms with E-state index in [1.54, 1.807) is 19.1 Å². The van der Waals surface area contributed by atoms with Gasteiger partial charge in [0.15, 0.2) is 0 Å². The van der Waals surface area contributed by atoms with Crippen molar-refractivity contribution in [3.05, 3.63) is 66.2 Å². The molecule has 0 aliphatic carbocycles. The van der Waals surface area contributed by atoms with Crippen LogP contribution in [0.3, 0.4) is 0 Å². The Bertz CT molecular complexity index is 583. The van der Waals surface area contributed by atoms with Crippen molar-refractivity contribution < 1.29 is 14.3 Å². The maximum atomic E-state index is 12.3. The highest BCUT2D eigenvalue weighted by Crippen LogP contribution is 2.17. The molecule has 21 heavy (non-hydrogen) atoms. The first-order valence-corrected chi connectivity index (χ1v) is 6.72. The molecule has 0 fully saturated rings. The Balaban J connectivity index is 2.10. The summed E-state index contributed by atoms with van der Waals surface area (Å²) in [4.78, 5) is 24.7. The minimum atomic E-state index is -0.587. The van der Waals surface area contributed by atoms with E-state index in [9.17, 15) is 9.59 Å². The Kier molecular flexibility index (Phi) is 5.10. The predicted octanol–water partition coefficient (Wildman–Crippen LogP) is 3.42. The number of nitrogens with zero attached hydrogens (tertiary/aromatic N) is 1. The lowest BCUT2D eigenvalue weighted by Crippen LogP contribution is -2.40. The molecule has 1 unspecified atom stereocenters. The van der Waals surface area contributed by atoms with Gasteiger partial charge in [-0.05, 0) is 24.6 Å². The summed E-state index contributed by atoms with van der Waals surface area (Å²) < 4.78 is 5.30. The zero-order valence-electron chi connectivity index (χ0n) is 11.8. The van der Waals surface area contributed by atoms with Crippen molar-refractivity contribution in [3.8, 4) is 0 Å². The van der Waals surface area contributed by atoms with Crippen molar-refractivity contribution in [1.82, 2.24) is 0 Å². The van der Waals surface area contributed by atoms with Gasteiger partial charge in [-0.2, -0.15) is 0 Å². The van der Waals surface area contributed by atoms with Crippen LogP contribution in [0.15, 0.2) is 60.7 Å². The highest BCUT2D eigenvalue weighted by atomic mass is 16.6. The van der Waals surface area contributed by atoms with E-state index in [0.29, 0.717) is 5.69 Å². The predicted molar refractivity (Wildman–Crippen MR) is 81.1 cm³/mol. The molecule has 0 aliphatic heterocycles. The van der Waals surface area contributed by atoms with Gasteiger partial charge < -0.3 is 9.53 Å². The van der Waals surface area contributed by atoms with Gasteiger partial charge in [-0.25, -0.2) is 4.79 Å². The second-order valence-electron chi connectivity index (χ2n) is 4.62. The molecule has 2 rings (SSSR count). The molecule has 0 bridgehead atoms. The third-order valence-electron chi connectivity index (χ3n) is 3.04. The first-order chi connectivity index (χ1) is 10.2. The Labute approximate surface area is 124 Å². The Morgan fingerprint density at radius 2 is 1.67 bits per heavy atom. The Morgan fingerprint density at radius 3 is 2.24 bits per heavy atom. The van der Waals surface area contributed by atoms with Crippen molar-refractivity contribution in [1.29, 1.82) is 0 Å². The topological polar surface area (TPSA) is 46.6 Å². The van der Waals surface area contributed by atoms with Gasteiger partial charge in [0, 0.05) is 5.69 Å². The largest absolute Gasteiger partial charge is 0.444 e. The lowest BCUT2D eigenvalue weighted by molar-refractivity contribution is -0.108. The number of ether oxygens (including phenoxy) is 1. The van der Waals surface area contributed by atoms with Crippen LogP contribution in [0.2, 0.25) is 0 Å². The molecule has 0 aromatic heterocycles. The summed E-state index contributed by atoms with van der Waals surface area (Å²) in [5.74, 6) is 0. The van der Waals surface area contributed by atoms with Gasteiger partial charge in [-0.1, -0.05) is 48.5 Å². The van der Waals surface area contributed by atoms with Gasteiger partial charge in [-0.15, -0.1) is 0 Å². The second-order valence-corrected chi connectivity index (χ2v) is 4.62. The summed E-state index contributed by atoms with van der Waals surface area (Å²) >= 11 is 0. The van der Waals surface area contributed by atoms with E-state index in [2.05, 4.69) is 0 Å². The third kappa shape index (κ3) is 3.92. The molecule has 4 heteroatoms. The molecule has 1 amide bonds. The third-order valence-corrected chi connectivity index (χ3v) is 3.04. The van der Waals surface area contributed by atoms with Crippen molar-refractivity contribution in [3.63, 3.8) is 0 Å². The van der Waals surface area contributed by atoms with Gasteiger partial charge in [0.2, 0.25) is 0 Å². The summed E-state index contributed by atoms with van der Waals surface area (Å²) in [6.07, 6.45) is 0.182. The normalized spacial score (nSPS) is 11.5. The van der Waals surface area contributed by atoms with Gasteiger partial charge in [0.1, 0.15) is 12.9 Å². The second kappa shape index (κ2) is 7.24. The summed E-state index contributed by atoms with van der Waals surface area (Å²) in [5, 5.41) is 0. The minimum Gasteiger partial charge on any atom is -0.444 e. The molecule has 0 N–H and O–H groups in total. The van der Waals surface area contributed by atoms with E-state index in [4.69, 9.17) is 4.74 Å². The van der Waals surface area contributed by atoms with Crippen LogP contribution in [-0.4, -0.2) is 18.4 Å². The molecule has 4 nitrogen and oxygen atoms in total. The number of hydrogen-bond donors (Lipinski definition) is 0. The first-order valence-electron chi connectivity index (χ1n) is 6.72. The zero-order valence-corrected chi connectivity index (χ0v) is 11.8. The number of para-hydroxylation sites is 1. The SMILES string of the molecule is CC(C=O)N(C(=O)OCc1ccccc1)c1ccccc1. The van der Waals surface area contributed by atoms with Crippen LogP contribution in [0.5, 0.6) is 0 Å². The number of carbonyl (C=O) groups is 2.